The number of ketones is 1. The molecule has 2 rings (SSSR count). The number of rotatable bonds is 4. The first kappa shape index (κ1) is 16.3. The monoisotopic (exact) mass is 316 g/mol. The Bertz CT molecular complexity index is 537. The minimum Gasteiger partial charge on any atom is -0.482 e. The smallest absolute Gasteiger partial charge is 0.416 e. The van der Waals surface area contributed by atoms with Crippen LogP contribution in [0.15, 0.2) is 24.3 Å². The lowest BCUT2D eigenvalue weighted by Gasteiger charge is -2.20. The second-order valence-corrected chi connectivity index (χ2v) is 5.00. The summed E-state index contributed by atoms with van der Waals surface area (Å²) in [6, 6.07) is 3.99. The normalized spacial score (nSPS) is 18.9. The first-order chi connectivity index (χ1) is 10.4. The molecule has 0 saturated heterocycles. The fourth-order valence-corrected chi connectivity index (χ4v) is 2.15. The Labute approximate surface area is 125 Å². The molecule has 0 spiro atoms. The number of esters is 1. The molecule has 7 heteroatoms. The highest BCUT2D eigenvalue weighted by molar-refractivity contribution is 5.86. The lowest BCUT2D eigenvalue weighted by atomic mass is 9.96. The Morgan fingerprint density at radius 3 is 2.45 bits per heavy atom. The first-order valence-electron chi connectivity index (χ1n) is 6.88. The van der Waals surface area contributed by atoms with Crippen LogP contribution < -0.4 is 4.74 Å². The number of Topliss-reactive ketones (excluding diaryl/α,β-unsaturated/α-hetero) is 1. The van der Waals surface area contributed by atoms with E-state index in [2.05, 4.69) is 0 Å². The van der Waals surface area contributed by atoms with Gasteiger partial charge in [0.1, 0.15) is 5.75 Å². The molecule has 1 aromatic carbocycles. The maximum atomic E-state index is 12.4. The van der Waals surface area contributed by atoms with Gasteiger partial charge in [-0.25, -0.2) is 4.79 Å². The highest BCUT2D eigenvalue weighted by Gasteiger charge is 2.30. The fraction of sp³-hybridized carbons (Fsp3) is 0.467. The summed E-state index contributed by atoms with van der Waals surface area (Å²) in [6.45, 7) is -0.449. The lowest BCUT2D eigenvalue weighted by molar-refractivity contribution is -0.158. The van der Waals surface area contributed by atoms with Crippen molar-refractivity contribution in [3.63, 3.8) is 0 Å². The third-order valence-corrected chi connectivity index (χ3v) is 3.31. The number of carbonyl (C=O) groups excluding carboxylic acids is 2. The summed E-state index contributed by atoms with van der Waals surface area (Å²) in [5.41, 5.74) is -0.796. The van der Waals surface area contributed by atoms with Crippen molar-refractivity contribution < 1.29 is 32.2 Å². The van der Waals surface area contributed by atoms with Crippen molar-refractivity contribution in [2.24, 2.45) is 0 Å². The summed E-state index contributed by atoms with van der Waals surface area (Å²) in [4.78, 5) is 23.1. The molecule has 0 aromatic heterocycles. The van der Waals surface area contributed by atoms with Crippen LogP contribution in [0, 0.1) is 0 Å². The van der Waals surface area contributed by atoms with Crippen LogP contribution in [-0.2, 0) is 20.5 Å². The van der Waals surface area contributed by atoms with Gasteiger partial charge >= 0.3 is 12.1 Å². The van der Waals surface area contributed by atoms with Gasteiger partial charge in [-0.2, -0.15) is 13.2 Å². The summed E-state index contributed by atoms with van der Waals surface area (Å²) < 4.78 is 47.2. The van der Waals surface area contributed by atoms with Gasteiger partial charge in [0, 0.05) is 6.42 Å². The molecule has 0 aliphatic heterocycles. The van der Waals surface area contributed by atoms with Crippen LogP contribution in [0.1, 0.15) is 31.2 Å². The number of ether oxygens (including phenoxy) is 2. The number of alkyl halides is 3. The molecular formula is C15H15F3O4. The van der Waals surface area contributed by atoms with Crippen molar-refractivity contribution >= 4 is 11.8 Å². The maximum absolute atomic E-state index is 12.4. The Morgan fingerprint density at radius 1 is 1.18 bits per heavy atom. The Kier molecular flexibility index (Phi) is 5.05. The molecule has 4 nitrogen and oxygen atoms in total. The van der Waals surface area contributed by atoms with Crippen molar-refractivity contribution in [3.8, 4) is 5.75 Å². The van der Waals surface area contributed by atoms with Gasteiger partial charge in [0.15, 0.2) is 18.5 Å². The molecule has 0 heterocycles. The highest BCUT2D eigenvalue weighted by Crippen LogP contribution is 2.30. The first-order valence-corrected chi connectivity index (χ1v) is 6.88. The van der Waals surface area contributed by atoms with E-state index >= 15 is 0 Å². The number of hydrogen-bond donors (Lipinski definition) is 0. The van der Waals surface area contributed by atoms with Gasteiger partial charge in [-0.1, -0.05) is 0 Å². The molecule has 0 amide bonds. The van der Waals surface area contributed by atoms with Crippen LogP contribution in [0.5, 0.6) is 5.75 Å². The van der Waals surface area contributed by atoms with Crippen LogP contribution in [0.25, 0.3) is 0 Å². The van der Waals surface area contributed by atoms with Gasteiger partial charge in [0.25, 0.3) is 0 Å². The van der Waals surface area contributed by atoms with Crippen LogP contribution in [0.4, 0.5) is 13.2 Å². The van der Waals surface area contributed by atoms with Gasteiger partial charge < -0.3 is 9.47 Å². The predicted octanol–water partition coefficient (Wildman–Crippen LogP) is 3.14. The molecule has 1 aromatic rings. The van der Waals surface area contributed by atoms with Gasteiger partial charge in [-0.3, -0.25) is 4.79 Å². The molecular weight excluding hydrogens is 301 g/mol. The van der Waals surface area contributed by atoms with E-state index in [0.29, 0.717) is 12.8 Å². The van der Waals surface area contributed by atoms with Crippen LogP contribution >= 0.6 is 0 Å². The van der Waals surface area contributed by atoms with Crippen LogP contribution in [0.3, 0.4) is 0 Å². The van der Waals surface area contributed by atoms with E-state index in [1.807, 2.05) is 0 Å². The standard InChI is InChI=1S/C15H15F3O4/c16-15(17,18)10-5-7-11(8-6-10)21-9-14(20)22-13-4-2-1-3-12(13)19/h5-8,13H,1-4,9H2/t13-/m1/s1. The molecule has 1 aliphatic rings. The molecule has 1 fully saturated rings. The largest absolute Gasteiger partial charge is 0.482 e. The van der Waals surface area contributed by atoms with Gasteiger partial charge in [-0.05, 0) is 43.5 Å². The number of halogens is 3. The SMILES string of the molecule is O=C(COc1ccc(C(F)(F)F)cc1)O[C@@H]1CCCCC1=O. The quantitative estimate of drug-likeness (QED) is 0.801. The van der Waals surface area contributed by atoms with E-state index in [1.54, 1.807) is 0 Å². The van der Waals surface area contributed by atoms with Crippen molar-refractivity contribution in [3.05, 3.63) is 29.8 Å². The number of carbonyl (C=O) groups is 2. The van der Waals surface area contributed by atoms with E-state index in [-0.39, 0.29) is 11.5 Å². The Hall–Kier alpha value is -2.05. The Morgan fingerprint density at radius 2 is 1.86 bits per heavy atom. The topological polar surface area (TPSA) is 52.6 Å². The minimum absolute atomic E-state index is 0.103. The molecule has 22 heavy (non-hydrogen) atoms. The fourth-order valence-electron chi connectivity index (χ4n) is 2.15. The maximum Gasteiger partial charge on any atom is 0.416 e. The number of hydrogen-bond acceptors (Lipinski definition) is 4. The molecule has 0 radical (unpaired) electrons. The van der Waals surface area contributed by atoms with Crippen molar-refractivity contribution in [1.29, 1.82) is 0 Å². The molecule has 1 aliphatic carbocycles. The van der Waals surface area contributed by atoms with Gasteiger partial charge in [0.05, 0.1) is 5.56 Å². The summed E-state index contributed by atoms with van der Waals surface area (Å²) in [5, 5.41) is 0. The zero-order valence-electron chi connectivity index (χ0n) is 11.7. The van der Waals surface area contributed by atoms with E-state index in [0.717, 1.165) is 37.1 Å². The molecule has 120 valence electrons. The zero-order chi connectivity index (χ0) is 16.2. The van der Waals surface area contributed by atoms with Crippen LogP contribution in [-0.4, -0.2) is 24.5 Å². The van der Waals surface area contributed by atoms with E-state index in [1.165, 1.54) is 0 Å². The number of benzene rings is 1. The van der Waals surface area contributed by atoms with Gasteiger partial charge in [0.2, 0.25) is 0 Å². The highest BCUT2D eigenvalue weighted by atomic mass is 19.4. The van der Waals surface area contributed by atoms with Crippen molar-refractivity contribution in [2.45, 2.75) is 38.0 Å². The van der Waals surface area contributed by atoms with Crippen molar-refractivity contribution in [2.75, 3.05) is 6.61 Å². The van der Waals surface area contributed by atoms with E-state index in [9.17, 15) is 22.8 Å². The summed E-state index contributed by atoms with van der Waals surface area (Å²) in [6.07, 6.45) is -2.61. The molecule has 0 unspecified atom stereocenters. The summed E-state index contributed by atoms with van der Waals surface area (Å²) >= 11 is 0. The predicted molar refractivity (Wildman–Crippen MR) is 70.3 cm³/mol. The molecule has 1 saturated carbocycles. The molecule has 0 N–H and O–H groups in total. The molecule has 1 atom stereocenters. The van der Waals surface area contributed by atoms with Crippen molar-refractivity contribution in [1.82, 2.24) is 0 Å². The minimum atomic E-state index is -4.42. The summed E-state index contributed by atoms with van der Waals surface area (Å²) in [5.74, 6) is -0.686. The third-order valence-electron chi connectivity index (χ3n) is 3.31. The Balaban J connectivity index is 1.82. The van der Waals surface area contributed by atoms with E-state index < -0.39 is 30.4 Å². The summed E-state index contributed by atoms with van der Waals surface area (Å²) in [7, 11) is 0. The average molecular weight is 316 g/mol. The molecule has 0 bridgehead atoms. The van der Waals surface area contributed by atoms with Gasteiger partial charge in [-0.15, -0.1) is 0 Å². The second kappa shape index (κ2) is 6.81. The third kappa shape index (κ3) is 4.47. The lowest BCUT2D eigenvalue weighted by Crippen LogP contribution is -2.31. The average Bonchev–Trinajstić information content (AvgIpc) is 2.47. The second-order valence-electron chi connectivity index (χ2n) is 5.00. The zero-order valence-corrected chi connectivity index (χ0v) is 11.7. The van der Waals surface area contributed by atoms with Crippen LogP contribution in [0.2, 0.25) is 0 Å². The van der Waals surface area contributed by atoms with E-state index in [4.69, 9.17) is 9.47 Å².